The first-order chi connectivity index (χ1) is 9.36. The molecule has 2 nitrogen and oxygen atoms in total. The van der Waals surface area contributed by atoms with Gasteiger partial charge >= 0.3 is 0 Å². The van der Waals surface area contributed by atoms with Crippen molar-refractivity contribution in [1.82, 2.24) is 5.32 Å². The van der Waals surface area contributed by atoms with Gasteiger partial charge in [-0.3, -0.25) is 0 Å². The summed E-state index contributed by atoms with van der Waals surface area (Å²) in [5, 5.41) is -1.48. The van der Waals surface area contributed by atoms with E-state index in [2.05, 4.69) is 5.32 Å². The molecule has 0 aromatic heterocycles. The number of hydrogen-bond donors (Lipinski definition) is 1. The van der Waals surface area contributed by atoms with Gasteiger partial charge in [0, 0.05) is 0 Å². The SMILES string of the molecule is [B]c1c(F)c([B])c(OC2([B])C([B])([B])NC2([B])[B])c([B])c1F. The average Bonchev–Trinajstić information content (AvgIpc) is 2.37. The zero-order valence-corrected chi connectivity index (χ0v) is 10.8. The van der Waals surface area contributed by atoms with Crippen LogP contribution >= 0.6 is 0 Å². The Kier molecular flexibility index (Phi) is 3.72. The maximum absolute atomic E-state index is 13.7. The first-order valence-electron chi connectivity index (χ1n) is 5.60. The second kappa shape index (κ2) is 4.68. The highest BCUT2D eigenvalue weighted by Gasteiger charge is 2.61. The molecule has 1 fully saturated rings. The van der Waals surface area contributed by atoms with Crippen LogP contribution in [0.25, 0.3) is 0 Å². The van der Waals surface area contributed by atoms with Crippen molar-refractivity contribution in [1.29, 1.82) is 0 Å². The van der Waals surface area contributed by atoms with Gasteiger partial charge in [0.05, 0.1) is 36.9 Å². The lowest BCUT2D eigenvalue weighted by Gasteiger charge is -2.69. The Hall–Kier alpha value is -0.641. The standard InChI is InChI=1S/C9HB8F2NO/c10-1-4(18)2(11)6(3(12)5(1)19)21-7(13)8(14,15)20-9(7,16)17/h20H. The third kappa shape index (κ3) is 2.13. The van der Waals surface area contributed by atoms with Crippen molar-refractivity contribution < 1.29 is 13.5 Å². The van der Waals surface area contributed by atoms with Crippen LogP contribution in [-0.2, 0) is 0 Å². The first kappa shape index (κ1) is 16.7. The summed E-state index contributed by atoms with van der Waals surface area (Å²) >= 11 is 0. The Morgan fingerprint density at radius 2 is 1.14 bits per heavy atom. The van der Waals surface area contributed by atoms with Crippen molar-refractivity contribution in [2.24, 2.45) is 0 Å². The molecule has 1 heterocycles. The summed E-state index contributed by atoms with van der Waals surface area (Å²) in [6.07, 6.45) is 0. The largest absolute Gasteiger partial charge is 0.498 e. The summed E-state index contributed by atoms with van der Waals surface area (Å²) < 4.78 is 32.6. The summed E-state index contributed by atoms with van der Waals surface area (Å²) in [5.41, 5.74) is -4.39. The third-order valence-corrected chi connectivity index (χ3v) is 3.34. The van der Waals surface area contributed by atoms with Crippen LogP contribution in [0.5, 0.6) is 5.75 Å². The molecule has 0 spiro atoms. The monoisotopic (exact) mass is 265 g/mol. The van der Waals surface area contributed by atoms with Gasteiger partial charge in [0.25, 0.3) is 0 Å². The molecule has 0 bridgehead atoms. The molecule has 1 aromatic rings. The first-order valence-corrected chi connectivity index (χ1v) is 5.60. The number of rotatable bonds is 2. The number of halogens is 2. The second-order valence-corrected chi connectivity index (χ2v) is 4.90. The van der Waals surface area contributed by atoms with Crippen LogP contribution in [0.3, 0.4) is 0 Å². The molecule has 0 amide bonds. The molecule has 0 saturated carbocycles. The minimum Gasteiger partial charge on any atom is -0.498 e. The summed E-state index contributed by atoms with van der Waals surface area (Å²) in [6.45, 7) is 0. The molecule has 2 rings (SSSR count). The lowest BCUT2D eigenvalue weighted by atomic mass is 9.27. The van der Waals surface area contributed by atoms with Gasteiger partial charge in [0.1, 0.15) is 48.8 Å². The number of hydrogen-bond acceptors (Lipinski definition) is 2. The smallest absolute Gasteiger partial charge is 0.132 e. The van der Waals surface area contributed by atoms with Gasteiger partial charge in [-0.05, 0) is 27.1 Å². The average molecular weight is 264 g/mol. The van der Waals surface area contributed by atoms with E-state index in [0.717, 1.165) is 0 Å². The molecule has 1 aliphatic heterocycles. The van der Waals surface area contributed by atoms with Crippen LogP contribution in [0.15, 0.2) is 0 Å². The van der Waals surface area contributed by atoms with Gasteiger partial charge in [-0.25, -0.2) is 8.78 Å². The molecule has 86 valence electrons. The highest BCUT2D eigenvalue weighted by molar-refractivity contribution is 6.56. The van der Waals surface area contributed by atoms with Crippen molar-refractivity contribution in [2.45, 2.75) is 16.2 Å². The predicted octanol–water partition coefficient (Wildman–Crippen LogP) is -4.83. The van der Waals surface area contributed by atoms with Crippen LogP contribution < -0.4 is 26.4 Å². The van der Waals surface area contributed by atoms with Gasteiger partial charge in [0.2, 0.25) is 0 Å². The Labute approximate surface area is 132 Å². The van der Waals surface area contributed by atoms with Crippen LogP contribution in [0.4, 0.5) is 8.78 Å². The van der Waals surface area contributed by atoms with E-state index >= 15 is 0 Å². The molecule has 0 aliphatic carbocycles. The number of nitrogens with one attached hydrogen (secondary N) is 1. The van der Waals surface area contributed by atoms with E-state index in [1.807, 2.05) is 0 Å². The van der Waals surface area contributed by atoms with Gasteiger partial charge < -0.3 is 10.1 Å². The van der Waals surface area contributed by atoms with Gasteiger partial charge in [-0.15, -0.1) is 0 Å². The van der Waals surface area contributed by atoms with E-state index in [9.17, 15) is 8.78 Å². The van der Waals surface area contributed by atoms with E-state index in [0.29, 0.717) is 0 Å². The highest BCUT2D eigenvalue weighted by atomic mass is 19.1. The Balaban J connectivity index is 2.55. The molecule has 21 heavy (non-hydrogen) atoms. The van der Waals surface area contributed by atoms with Crippen LogP contribution in [0.2, 0.25) is 0 Å². The molecule has 1 saturated heterocycles. The maximum atomic E-state index is 13.7. The van der Waals surface area contributed by atoms with E-state index in [-0.39, 0.29) is 0 Å². The zero-order chi connectivity index (χ0) is 16.4. The molecule has 1 aromatic carbocycles. The normalized spacial score (nSPS) is 21.4. The fraction of sp³-hybridized carbons (Fsp3) is 0.333. The molecule has 12 heteroatoms. The summed E-state index contributed by atoms with van der Waals surface area (Å²) in [5.74, 6) is -3.19. The minimum absolute atomic E-state index is 0.649. The Morgan fingerprint density at radius 1 is 0.762 bits per heavy atom. The Bertz CT molecular complexity index is 579. The minimum atomic E-state index is -2.16. The zero-order valence-electron chi connectivity index (χ0n) is 10.8. The van der Waals surface area contributed by atoms with Crippen LogP contribution in [-0.4, -0.2) is 78.9 Å². The van der Waals surface area contributed by atoms with Crippen LogP contribution in [0, 0.1) is 11.6 Å². The summed E-state index contributed by atoms with van der Waals surface area (Å²) in [7, 11) is 44.2. The molecule has 0 atom stereocenters. The molecule has 1 aliphatic rings. The van der Waals surface area contributed by atoms with E-state index in [1.165, 1.54) is 0 Å². The van der Waals surface area contributed by atoms with Gasteiger partial charge in [-0.1, -0.05) is 0 Å². The maximum Gasteiger partial charge on any atom is 0.132 e. The highest BCUT2D eigenvalue weighted by Crippen LogP contribution is 2.37. The molecule has 16 radical (unpaired) electrons. The van der Waals surface area contributed by atoms with E-state index in [4.69, 9.17) is 67.5 Å². The van der Waals surface area contributed by atoms with Crippen molar-refractivity contribution in [3.63, 3.8) is 0 Å². The summed E-state index contributed by atoms with van der Waals surface area (Å²) in [6, 6.07) is 0. The van der Waals surface area contributed by atoms with Crippen molar-refractivity contribution in [2.75, 3.05) is 0 Å². The summed E-state index contributed by atoms with van der Waals surface area (Å²) in [4.78, 5) is 0. The van der Waals surface area contributed by atoms with Crippen molar-refractivity contribution in [3.8, 4) is 5.75 Å². The quantitative estimate of drug-likeness (QED) is 0.541. The molecule has 0 unspecified atom stereocenters. The topological polar surface area (TPSA) is 21.3 Å². The Morgan fingerprint density at radius 3 is 1.48 bits per heavy atom. The van der Waals surface area contributed by atoms with Gasteiger partial charge in [-0.2, -0.15) is 0 Å². The van der Waals surface area contributed by atoms with E-state index < -0.39 is 49.9 Å². The fourth-order valence-corrected chi connectivity index (χ4v) is 1.98. The van der Waals surface area contributed by atoms with Crippen molar-refractivity contribution >= 4 is 79.2 Å². The number of ether oxygens (including phenoxy) is 1. The van der Waals surface area contributed by atoms with E-state index in [1.54, 1.807) is 0 Å². The fourth-order valence-electron chi connectivity index (χ4n) is 1.98. The lowest BCUT2D eigenvalue weighted by Crippen LogP contribution is -2.94. The lowest BCUT2D eigenvalue weighted by molar-refractivity contribution is 0.0200. The predicted molar refractivity (Wildman–Crippen MR) is 83.2 cm³/mol. The second-order valence-electron chi connectivity index (χ2n) is 4.90. The molecular formula is C9HB8F2NO. The number of benzene rings is 1. The molecular weight excluding hydrogens is 263 g/mol. The molecule has 1 N–H and O–H groups in total. The van der Waals surface area contributed by atoms with Gasteiger partial charge in [0.15, 0.2) is 0 Å². The van der Waals surface area contributed by atoms with Crippen molar-refractivity contribution in [3.05, 3.63) is 11.6 Å². The third-order valence-electron chi connectivity index (χ3n) is 3.34. The van der Waals surface area contributed by atoms with Crippen LogP contribution in [0.1, 0.15) is 0 Å².